The molecule has 3 rings (SSSR count). The molecule has 0 saturated carbocycles. The number of imide groups is 1. The minimum Gasteiger partial charge on any atom is -0.312 e. The second-order valence-electron chi connectivity index (χ2n) is 4.61. The van der Waals surface area contributed by atoms with Gasteiger partial charge in [-0.2, -0.15) is 0 Å². The molecule has 0 N–H and O–H groups in total. The summed E-state index contributed by atoms with van der Waals surface area (Å²) in [5.74, 6) is 0.390. The highest BCUT2D eigenvalue weighted by Gasteiger charge is 2.48. The Balaban J connectivity index is 1.93. The van der Waals surface area contributed by atoms with E-state index in [1.165, 1.54) is 16.2 Å². The molecular weight excluding hydrogens is 238 g/mol. The Morgan fingerprint density at radius 1 is 1.47 bits per heavy atom. The molecule has 0 aromatic carbocycles. The van der Waals surface area contributed by atoms with Crippen molar-refractivity contribution in [3.8, 4) is 0 Å². The molecule has 6 heteroatoms. The number of amides is 3. The first-order chi connectivity index (χ1) is 8.18. The van der Waals surface area contributed by atoms with Crippen molar-refractivity contribution >= 4 is 28.4 Å². The molecule has 2 saturated heterocycles. The van der Waals surface area contributed by atoms with E-state index < -0.39 is 0 Å². The summed E-state index contributed by atoms with van der Waals surface area (Å²) in [4.78, 5) is 31.3. The van der Waals surface area contributed by atoms with Gasteiger partial charge in [0.15, 0.2) is 0 Å². The molecule has 2 unspecified atom stereocenters. The number of piperidine rings is 1. The average molecular weight is 251 g/mol. The van der Waals surface area contributed by atoms with Crippen LogP contribution >= 0.6 is 11.3 Å². The van der Waals surface area contributed by atoms with Gasteiger partial charge in [-0.15, -0.1) is 11.3 Å². The van der Waals surface area contributed by atoms with Gasteiger partial charge in [0.2, 0.25) is 5.13 Å². The Labute approximate surface area is 103 Å². The lowest BCUT2D eigenvalue weighted by Crippen LogP contribution is -2.41. The van der Waals surface area contributed by atoms with Crippen molar-refractivity contribution in [1.29, 1.82) is 0 Å². The van der Waals surface area contributed by atoms with E-state index in [0.29, 0.717) is 17.6 Å². The molecule has 0 radical (unpaired) electrons. The fourth-order valence-corrected chi connectivity index (χ4v) is 3.12. The molecule has 90 valence electrons. The second kappa shape index (κ2) is 3.80. The number of aromatic nitrogens is 1. The van der Waals surface area contributed by atoms with Crippen molar-refractivity contribution in [3.05, 3.63) is 11.6 Å². The smallest absolute Gasteiger partial charge is 0.312 e. The van der Waals surface area contributed by atoms with Crippen LogP contribution in [0.3, 0.4) is 0 Å². The van der Waals surface area contributed by atoms with Gasteiger partial charge < -0.3 is 4.90 Å². The zero-order valence-electron chi connectivity index (χ0n) is 9.50. The monoisotopic (exact) mass is 251 g/mol. The number of carbonyl (C=O) groups is 2. The Morgan fingerprint density at radius 3 is 3.00 bits per heavy atom. The van der Waals surface area contributed by atoms with Crippen molar-refractivity contribution < 1.29 is 9.59 Å². The maximum atomic E-state index is 12.2. The fraction of sp³-hybridized carbons (Fsp3) is 0.545. The predicted molar refractivity (Wildman–Crippen MR) is 63.9 cm³/mol. The Kier molecular flexibility index (Phi) is 2.39. The molecule has 2 aliphatic rings. The summed E-state index contributed by atoms with van der Waals surface area (Å²) in [5, 5.41) is 2.26. The molecule has 0 bridgehead atoms. The first kappa shape index (κ1) is 10.7. The van der Waals surface area contributed by atoms with Crippen LogP contribution in [0.4, 0.5) is 9.93 Å². The van der Waals surface area contributed by atoms with Crippen LogP contribution < -0.4 is 4.90 Å². The van der Waals surface area contributed by atoms with Crippen molar-refractivity contribution in [2.45, 2.75) is 25.8 Å². The number of urea groups is 1. The van der Waals surface area contributed by atoms with Crippen LogP contribution in [0.25, 0.3) is 0 Å². The van der Waals surface area contributed by atoms with E-state index in [2.05, 4.69) is 11.9 Å². The molecule has 2 atom stereocenters. The zero-order valence-corrected chi connectivity index (χ0v) is 10.3. The van der Waals surface area contributed by atoms with Gasteiger partial charge in [-0.1, -0.05) is 6.92 Å². The maximum absolute atomic E-state index is 12.2. The van der Waals surface area contributed by atoms with Gasteiger partial charge in [-0.25, -0.2) is 14.7 Å². The van der Waals surface area contributed by atoms with Crippen LogP contribution in [0.5, 0.6) is 0 Å². The molecule has 17 heavy (non-hydrogen) atoms. The Bertz CT molecular complexity index is 459. The van der Waals surface area contributed by atoms with Crippen LogP contribution in [0.1, 0.15) is 19.8 Å². The van der Waals surface area contributed by atoms with E-state index in [4.69, 9.17) is 0 Å². The first-order valence-corrected chi connectivity index (χ1v) is 6.60. The summed E-state index contributed by atoms with van der Waals surface area (Å²) >= 11 is 1.32. The molecule has 0 aliphatic carbocycles. The quantitative estimate of drug-likeness (QED) is 0.714. The van der Waals surface area contributed by atoms with Crippen molar-refractivity contribution in [1.82, 2.24) is 9.88 Å². The zero-order chi connectivity index (χ0) is 12.0. The van der Waals surface area contributed by atoms with E-state index in [-0.39, 0.29) is 18.0 Å². The fourth-order valence-electron chi connectivity index (χ4n) is 2.48. The van der Waals surface area contributed by atoms with Gasteiger partial charge in [-0.05, 0) is 18.8 Å². The van der Waals surface area contributed by atoms with Crippen molar-refractivity contribution in [2.24, 2.45) is 5.92 Å². The van der Waals surface area contributed by atoms with Gasteiger partial charge in [0, 0.05) is 18.1 Å². The van der Waals surface area contributed by atoms with Crippen LogP contribution in [0.2, 0.25) is 0 Å². The largest absolute Gasteiger partial charge is 0.333 e. The number of anilines is 1. The lowest BCUT2D eigenvalue weighted by atomic mass is 9.93. The van der Waals surface area contributed by atoms with Gasteiger partial charge in [0.05, 0.1) is 0 Å². The molecule has 3 heterocycles. The summed E-state index contributed by atoms with van der Waals surface area (Å²) in [6, 6.07) is -0.475. The first-order valence-electron chi connectivity index (χ1n) is 5.72. The van der Waals surface area contributed by atoms with Gasteiger partial charge in [0.25, 0.3) is 5.91 Å². The van der Waals surface area contributed by atoms with Gasteiger partial charge in [-0.3, -0.25) is 4.79 Å². The molecule has 5 nitrogen and oxygen atoms in total. The molecule has 1 aromatic heterocycles. The lowest BCUT2D eigenvalue weighted by Gasteiger charge is -2.30. The topological polar surface area (TPSA) is 53.5 Å². The van der Waals surface area contributed by atoms with Crippen molar-refractivity contribution in [3.63, 3.8) is 0 Å². The number of fused-ring (bicyclic) bond motifs is 1. The summed E-state index contributed by atoms with van der Waals surface area (Å²) in [6.07, 6.45) is 3.36. The third-order valence-electron chi connectivity index (χ3n) is 3.42. The van der Waals surface area contributed by atoms with E-state index in [0.717, 1.165) is 12.8 Å². The SMILES string of the molecule is CC1CCN2C(=O)N(c3nccs3)C(=O)C2C1. The average Bonchev–Trinajstić information content (AvgIpc) is 2.88. The number of hydrogen-bond donors (Lipinski definition) is 0. The summed E-state index contributed by atoms with van der Waals surface area (Å²) in [6.45, 7) is 2.80. The minimum atomic E-state index is -0.268. The van der Waals surface area contributed by atoms with E-state index in [1.807, 2.05) is 0 Å². The molecule has 2 aliphatic heterocycles. The summed E-state index contributed by atoms with van der Waals surface area (Å²) in [5.41, 5.74) is 0. The molecule has 0 spiro atoms. The third kappa shape index (κ3) is 1.55. The third-order valence-corrected chi connectivity index (χ3v) is 4.17. The summed E-state index contributed by atoms with van der Waals surface area (Å²) < 4.78 is 0. The molecule has 1 aromatic rings. The highest BCUT2D eigenvalue weighted by atomic mass is 32.1. The Hall–Kier alpha value is -1.43. The normalized spacial score (nSPS) is 28.8. The second-order valence-corrected chi connectivity index (χ2v) is 5.48. The number of nitrogens with zero attached hydrogens (tertiary/aromatic N) is 3. The van der Waals surface area contributed by atoms with Crippen LogP contribution in [0, 0.1) is 5.92 Å². The molecule has 2 fully saturated rings. The Morgan fingerprint density at radius 2 is 2.29 bits per heavy atom. The van der Waals surface area contributed by atoms with Gasteiger partial charge >= 0.3 is 6.03 Å². The van der Waals surface area contributed by atoms with Crippen LogP contribution in [0.15, 0.2) is 11.6 Å². The van der Waals surface area contributed by atoms with E-state index >= 15 is 0 Å². The van der Waals surface area contributed by atoms with Crippen LogP contribution in [-0.4, -0.2) is 34.4 Å². The number of carbonyl (C=O) groups excluding carboxylic acids is 2. The number of rotatable bonds is 1. The number of thiazole rings is 1. The van der Waals surface area contributed by atoms with E-state index in [9.17, 15) is 9.59 Å². The number of hydrogen-bond acceptors (Lipinski definition) is 4. The van der Waals surface area contributed by atoms with Gasteiger partial charge in [0.1, 0.15) is 6.04 Å². The van der Waals surface area contributed by atoms with Crippen molar-refractivity contribution in [2.75, 3.05) is 11.4 Å². The maximum Gasteiger partial charge on any atom is 0.333 e. The highest BCUT2D eigenvalue weighted by Crippen LogP contribution is 2.33. The standard InChI is InChI=1S/C11H13N3O2S/c1-7-2-4-13-8(6-7)9(15)14(11(13)16)10-12-3-5-17-10/h3,5,7-8H,2,4,6H2,1H3. The summed E-state index contributed by atoms with van der Waals surface area (Å²) in [7, 11) is 0. The lowest BCUT2D eigenvalue weighted by molar-refractivity contribution is -0.120. The van der Waals surface area contributed by atoms with E-state index in [1.54, 1.807) is 16.5 Å². The molecular formula is C11H13N3O2S. The highest BCUT2D eigenvalue weighted by molar-refractivity contribution is 7.14. The predicted octanol–water partition coefficient (Wildman–Crippen LogP) is 1.71. The minimum absolute atomic E-state index is 0.114. The van der Waals surface area contributed by atoms with Crippen LogP contribution in [-0.2, 0) is 4.79 Å². The molecule has 3 amide bonds.